The summed E-state index contributed by atoms with van der Waals surface area (Å²) in [5.74, 6) is 0.568. The Labute approximate surface area is 161 Å². The highest BCUT2D eigenvalue weighted by Crippen LogP contribution is 2.36. The summed E-state index contributed by atoms with van der Waals surface area (Å²) in [5.41, 5.74) is 4.35. The van der Waals surface area contributed by atoms with Crippen molar-refractivity contribution < 1.29 is 4.79 Å². The Morgan fingerprint density at radius 3 is 3.07 bits per heavy atom. The lowest BCUT2D eigenvalue weighted by Crippen LogP contribution is -2.31. The van der Waals surface area contributed by atoms with Crippen LogP contribution in [-0.4, -0.2) is 30.6 Å². The van der Waals surface area contributed by atoms with Gasteiger partial charge in [0.15, 0.2) is 5.82 Å². The van der Waals surface area contributed by atoms with E-state index in [-0.39, 0.29) is 11.8 Å². The summed E-state index contributed by atoms with van der Waals surface area (Å²) in [6.45, 7) is 0.397. The van der Waals surface area contributed by atoms with Crippen molar-refractivity contribution in [2.75, 3.05) is 0 Å². The zero-order chi connectivity index (χ0) is 18.9. The van der Waals surface area contributed by atoms with Crippen molar-refractivity contribution in [2.24, 2.45) is 0 Å². The predicted molar refractivity (Wildman–Crippen MR) is 105 cm³/mol. The summed E-state index contributed by atoms with van der Waals surface area (Å²) in [4.78, 5) is 24.9. The van der Waals surface area contributed by atoms with Gasteiger partial charge in [0.2, 0.25) is 5.91 Å². The topological polar surface area (TPSA) is 88.5 Å². The maximum absolute atomic E-state index is 13.0. The van der Waals surface area contributed by atoms with Crippen LogP contribution in [0.3, 0.4) is 0 Å². The molecule has 1 unspecified atom stereocenters. The number of aromatic amines is 1. The van der Waals surface area contributed by atoms with Crippen LogP contribution in [0.1, 0.15) is 35.6 Å². The number of hydrogen-bond acceptors (Lipinski definition) is 4. The van der Waals surface area contributed by atoms with Crippen molar-refractivity contribution >= 4 is 16.8 Å². The number of aromatic nitrogens is 5. The van der Waals surface area contributed by atoms with Gasteiger partial charge in [0.1, 0.15) is 12.7 Å². The van der Waals surface area contributed by atoms with E-state index in [1.54, 1.807) is 17.2 Å². The molecule has 7 nitrogen and oxygen atoms in total. The molecule has 0 saturated carbocycles. The number of carbonyl (C=O) groups is 1. The lowest BCUT2D eigenvalue weighted by molar-refractivity contribution is -0.123. The van der Waals surface area contributed by atoms with E-state index in [1.165, 1.54) is 17.3 Å². The molecule has 3 aromatic heterocycles. The van der Waals surface area contributed by atoms with Crippen LogP contribution in [0.2, 0.25) is 0 Å². The van der Waals surface area contributed by atoms with E-state index in [9.17, 15) is 4.79 Å². The number of benzene rings is 1. The van der Waals surface area contributed by atoms with E-state index >= 15 is 0 Å². The van der Waals surface area contributed by atoms with Gasteiger partial charge in [0, 0.05) is 34.9 Å². The van der Waals surface area contributed by atoms with Gasteiger partial charge in [-0.05, 0) is 37.0 Å². The number of pyridine rings is 1. The Morgan fingerprint density at radius 2 is 2.18 bits per heavy atom. The van der Waals surface area contributed by atoms with Crippen molar-refractivity contribution in [1.82, 2.24) is 30.0 Å². The minimum Gasteiger partial charge on any atom is -0.357 e. The Kier molecular flexibility index (Phi) is 4.12. The summed E-state index contributed by atoms with van der Waals surface area (Å²) in [5, 5.41) is 8.47. The van der Waals surface area contributed by atoms with Crippen molar-refractivity contribution in [2.45, 2.75) is 31.7 Å². The first kappa shape index (κ1) is 16.7. The lowest BCUT2D eigenvalue weighted by atomic mass is 9.86. The van der Waals surface area contributed by atoms with Crippen molar-refractivity contribution in [3.05, 3.63) is 72.1 Å². The Bertz CT molecular complexity index is 1130. The van der Waals surface area contributed by atoms with Gasteiger partial charge >= 0.3 is 0 Å². The zero-order valence-electron chi connectivity index (χ0n) is 15.3. The number of H-pyrrole nitrogens is 1. The van der Waals surface area contributed by atoms with Gasteiger partial charge in [-0.1, -0.05) is 24.3 Å². The smallest absolute Gasteiger partial charge is 0.229 e. The molecule has 1 atom stereocenters. The lowest BCUT2D eigenvalue weighted by Gasteiger charge is -2.22. The van der Waals surface area contributed by atoms with Gasteiger partial charge in [0.05, 0.1) is 5.92 Å². The van der Waals surface area contributed by atoms with Crippen LogP contribution < -0.4 is 5.32 Å². The molecule has 1 aliphatic rings. The molecular weight excluding hydrogens is 352 g/mol. The molecule has 1 aliphatic carbocycles. The second kappa shape index (κ2) is 6.92. The average Bonchev–Trinajstić information content (AvgIpc) is 3.40. The van der Waals surface area contributed by atoms with Crippen LogP contribution in [0.4, 0.5) is 0 Å². The summed E-state index contributed by atoms with van der Waals surface area (Å²) in [6.07, 6.45) is 7.67. The molecule has 0 fully saturated rings. The fourth-order valence-corrected chi connectivity index (χ4v) is 4.07. The summed E-state index contributed by atoms with van der Waals surface area (Å²) in [7, 11) is 0. The second-order valence-corrected chi connectivity index (χ2v) is 7.05. The highest BCUT2D eigenvalue weighted by atomic mass is 16.1. The number of hydrogen-bond donors (Lipinski definition) is 2. The minimum atomic E-state index is -0.150. The maximum atomic E-state index is 13.0. The number of fused-ring (bicyclic) bond motifs is 3. The van der Waals surface area contributed by atoms with Gasteiger partial charge in [-0.2, -0.15) is 5.10 Å². The molecule has 4 aromatic rings. The molecule has 140 valence electrons. The quantitative estimate of drug-likeness (QED) is 0.576. The molecule has 0 saturated heterocycles. The molecule has 1 aromatic carbocycles. The van der Waals surface area contributed by atoms with Gasteiger partial charge < -0.3 is 10.3 Å². The summed E-state index contributed by atoms with van der Waals surface area (Å²) in [6, 6.07) is 12.1. The third-order valence-corrected chi connectivity index (χ3v) is 5.39. The molecule has 2 N–H and O–H groups in total. The number of nitrogens with zero attached hydrogens (tertiary/aromatic N) is 4. The van der Waals surface area contributed by atoms with Crippen molar-refractivity contribution in [1.29, 1.82) is 0 Å². The van der Waals surface area contributed by atoms with E-state index in [2.05, 4.69) is 37.5 Å². The molecule has 0 spiro atoms. The fourth-order valence-electron chi connectivity index (χ4n) is 4.07. The van der Waals surface area contributed by atoms with Crippen LogP contribution in [0, 0.1) is 0 Å². The molecule has 0 bridgehead atoms. The van der Waals surface area contributed by atoms with E-state index in [0.29, 0.717) is 12.4 Å². The first-order valence-corrected chi connectivity index (χ1v) is 9.47. The van der Waals surface area contributed by atoms with Gasteiger partial charge in [0.25, 0.3) is 0 Å². The van der Waals surface area contributed by atoms with Crippen LogP contribution in [0.25, 0.3) is 16.7 Å². The summed E-state index contributed by atoms with van der Waals surface area (Å²) < 4.78 is 1.61. The molecular formula is C21H20N6O. The standard InChI is InChI=1S/C21H20N6O/c28-21(24-11-14-5-4-10-23-20(14)27-13-22-12-25-27)17-8-3-7-16-15-6-1-2-9-18(15)26-19(16)17/h1-2,4-6,9-10,12-13,17,26H,3,7-8,11H2,(H,24,28). The molecule has 0 aliphatic heterocycles. The highest BCUT2D eigenvalue weighted by Gasteiger charge is 2.29. The number of aryl methyl sites for hydroxylation is 1. The third-order valence-electron chi connectivity index (χ3n) is 5.39. The second-order valence-electron chi connectivity index (χ2n) is 7.05. The van der Waals surface area contributed by atoms with E-state index in [1.807, 2.05) is 24.3 Å². The number of rotatable bonds is 4. The Morgan fingerprint density at radius 1 is 1.25 bits per heavy atom. The number of nitrogens with one attached hydrogen (secondary N) is 2. The fraction of sp³-hybridized carbons (Fsp3) is 0.238. The first-order valence-electron chi connectivity index (χ1n) is 9.47. The molecule has 1 amide bonds. The number of carbonyl (C=O) groups excluding carboxylic acids is 1. The molecule has 5 rings (SSSR count). The molecule has 7 heteroatoms. The largest absolute Gasteiger partial charge is 0.357 e. The van der Waals surface area contributed by atoms with Crippen LogP contribution in [-0.2, 0) is 17.8 Å². The first-order chi connectivity index (χ1) is 13.8. The van der Waals surface area contributed by atoms with Gasteiger partial charge in [-0.3, -0.25) is 4.79 Å². The summed E-state index contributed by atoms with van der Waals surface area (Å²) >= 11 is 0. The van der Waals surface area contributed by atoms with Crippen LogP contribution in [0.5, 0.6) is 0 Å². The van der Waals surface area contributed by atoms with Crippen molar-refractivity contribution in [3.8, 4) is 5.82 Å². The monoisotopic (exact) mass is 372 g/mol. The van der Waals surface area contributed by atoms with E-state index in [0.717, 1.165) is 36.0 Å². The van der Waals surface area contributed by atoms with Gasteiger partial charge in [-0.15, -0.1) is 0 Å². The van der Waals surface area contributed by atoms with E-state index in [4.69, 9.17) is 0 Å². The SMILES string of the molecule is O=C(NCc1cccnc1-n1cncn1)C1CCCc2c1[nH]c1ccccc21. The molecule has 28 heavy (non-hydrogen) atoms. The average molecular weight is 372 g/mol. The maximum Gasteiger partial charge on any atom is 0.229 e. The van der Waals surface area contributed by atoms with Crippen LogP contribution >= 0.6 is 0 Å². The predicted octanol–water partition coefficient (Wildman–Crippen LogP) is 2.88. The van der Waals surface area contributed by atoms with E-state index < -0.39 is 0 Å². The van der Waals surface area contributed by atoms with Gasteiger partial charge in [-0.25, -0.2) is 14.6 Å². The Hall–Kier alpha value is -3.48. The normalized spacial score (nSPS) is 16.1. The number of amides is 1. The highest BCUT2D eigenvalue weighted by molar-refractivity contribution is 5.90. The minimum absolute atomic E-state index is 0.0425. The van der Waals surface area contributed by atoms with Crippen molar-refractivity contribution in [3.63, 3.8) is 0 Å². The van der Waals surface area contributed by atoms with Crippen LogP contribution in [0.15, 0.2) is 55.2 Å². The molecule has 0 radical (unpaired) electrons. The number of para-hydroxylation sites is 1. The molecule has 3 heterocycles. The Balaban J connectivity index is 1.38. The third kappa shape index (κ3) is 2.85. The zero-order valence-corrected chi connectivity index (χ0v) is 15.3.